The zero-order chi connectivity index (χ0) is 15.9. The molecule has 112 valence electrons. The molecule has 2 aromatic rings. The van der Waals surface area contributed by atoms with Crippen molar-refractivity contribution in [2.75, 3.05) is 10.6 Å². The number of benzene rings is 2. The number of nitrogens with zero attached hydrogens (tertiary/aromatic N) is 1. The highest BCUT2D eigenvalue weighted by Crippen LogP contribution is 2.15. The minimum atomic E-state index is -0.403. The molecule has 0 heterocycles. The molecule has 0 aromatic heterocycles. The Kier molecular flexibility index (Phi) is 5.16. The van der Waals surface area contributed by atoms with Crippen LogP contribution in [-0.2, 0) is 11.2 Å². The molecule has 0 radical (unpaired) electrons. The van der Waals surface area contributed by atoms with Gasteiger partial charge in [-0.05, 0) is 43.2 Å². The maximum atomic E-state index is 12.2. The Hall–Kier alpha value is -2.80. The van der Waals surface area contributed by atoms with Crippen LogP contribution in [0.5, 0.6) is 0 Å². The molecule has 0 spiro atoms. The van der Waals surface area contributed by atoms with Crippen LogP contribution in [0.3, 0.4) is 0 Å². The van der Waals surface area contributed by atoms with Gasteiger partial charge in [0.25, 0.3) is 0 Å². The van der Waals surface area contributed by atoms with E-state index in [0.29, 0.717) is 11.3 Å². The normalized spacial score (nSPS) is 11.3. The van der Waals surface area contributed by atoms with E-state index in [-0.39, 0.29) is 5.91 Å². The number of nitrogens with one attached hydrogen (secondary N) is 2. The molecular formula is C18H19N3O. The van der Waals surface area contributed by atoms with Gasteiger partial charge in [0.15, 0.2) is 0 Å². The van der Waals surface area contributed by atoms with Crippen LogP contribution >= 0.6 is 0 Å². The Morgan fingerprint density at radius 3 is 2.50 bits per heavy atom. The number of anilines is 2. The van der Waals surface area contributed by atoms with Crippen LogP contribution in [0.25, 0.3) is 0 Å². The number of aryl methyl sites for hydroxylation is 1. The summed E-state index contributed by atoms with van der Waals surface area (Å²) in [5.41, 5.74) is 3.14. The fraction of sp³-hybridized carbons (Fsp3) is 0.222. The lowest BCUT2D eigenvalue weighted by Gasteiger charge is -2.16. The zero-order valence-electron chi connectivity index (χ0n) is 12.8. The van der Waals surface area contributed by atoms with Crippen LogP contribution in [0.4, 0.5) is 11.4 Å². The molecule has 0 bridgehead atoms. The molecule has 2 rings (SSSR count). The summed E-state index contributed by atoms with van der Waals surface area (Å²) in [6.45, 7) is 3.89. The molecular weight excluding hydrogens is 274 g/mol. The predicted molar refractivity (Wildman–Crippen MR) is 88.7 cm³/mol. The standard InChI is InChI=1S/C18H19N3O/c1-3-14-8-10-16(11-9-14)20-13(2)18(22)21-17-7-5-4-6-15(17)12-19/h4-11,13,20H,3H2,1-2H3,(H,21,22)/t13-/m0/s1. The van der Waals surface area contributed by atoms with E-state index in [0.717, 1.165) is 12.1 Å². The Balaban J connectivity index is 2.01. The maximum absolute atomic E-state index is 12.2. The number of hydrogen-bond acceptors (Lipinski definition) is 3. The van der Waals surface area contributed by atoms with E-state index < -0.39 is 6.04 Å². The molecule has 0 saturated heterocycles. The first kappa shape index (κ1) is 15.6. The third-order valence-electron chi connectivity index (χ3n) is 3.44. The van der Waals surface area contributed by atoms with Gasteiger partial charge in [-0.25, -0.2) is 0 Å². The lowest BCUT2D eigenvalue weighted by Crippen LogP contribution is -2.32. The zero-order valence-corrected chi connectivity index (χ0v) is 12.8. The summed E-state index contributed by atoms with van der Waals surface area (Å²) in [7, 11) is 0. The van der Waals surface area contributed by atoms with Crippen LogP contribution < -0.4 is 10.6 Å². The highest BCUT2D eigenvalue weighted by atomic mass is 16.2. The van der Waals surface area contributed by atoms with Crippen molar-refractivity contribution in [3.05, 3.63) is 59.7 Å². The van der Waals surface area contributed by atoms with Gasteiger partial charge in [-0.3, -0.25) is 4.79 Å². The molecule has 22 heavy (non-hydrogen) atoms. The molecule has 1 amide bonds. The molecule has 0 aliphatic heterocycles. The van der Waals surface area contributed by atoms with Crippen molar-refractivity contribution >= 4 is 17.3 Å². The fourth-order valence-electron chi connectivity index (χ4n) is 2.08. The van der Waals surface area contributed by atoms with Gasteiger partial charge in [0.05, 0.1) is 11.3 Å². The van der Waals surface area contributed by atoms with Gasteiger partial charge in [-0.1, -0.05) is 31.2 Å². The smallest absolute Gasteiger partial charge is 0.246 e. The van der Waals surface area contributed by atoms with E-state index in [9.17, 15) is 4.79 Å². The van der Waals surface area contributed by atoms with E-state index in [1.54, 1.807) is 31.2 Å². The van der Waals surface area contributed by atoms with Crippen molar-refractivity contribution in [1.82, 2.24) is 0 Å². The monoisotopic (exact) mass is 293 g/mol. The largest absolute Gasteiger partial charge is 0.374 e. The van der Waals surface area contributed by atoms with Gasteiger partial charge >= 0.3 is 0 Å². The Bertz CT molecular complexity index is 686. The molecule has 4 nitrogen and oxygen atoms in total. The molecule has 0 aliphatic carbocycles. The Morgan fingerprint density at radius 1 is 1.18 bits per heavy atom. The summed E-state index contributed by atoms with van der Waals surface area (Å²) in [5.74, 6) is -0.178. The van der Waals surface area contributed by atoms with Gasteiger partial charge in [0.1, 0.15) is 12.1 Å². The summed E-state index contributed by atoms with van der Waals surface area (Å²) in [4.78, 5) is 12.2. The van der Waals surface area contributed by atoms with Crippen molar-refractivity contribution in [3.63, 3.8) is 0 Å². The van der Waals surface area contributed by atoms with E-state index in [4.69, 9.17) is 5.26 Å². The minimum absolute atomic E-state index is 0.178. The predicted octanol–water partition coefficient (Wildman–Crippen LogP) is 3.56. The lowest BCUT2D eigenvalue weighted by atomic mass is 10.1. The molecule has 0 unspecified atom stereocenters. The number of carbonyl (C=O) groups excluding carboxylic acids is 1. The van der Waals surface area contributed by atoms with Crippen LogP contribution in [0.1, 0.15) is 25.0 Å². The quantitative estimate of drug-likeness (QED) is 0.886. The van der Waals surface area contributed by atoms with Crippen molar-refractivity contribution in [2.45, 2.75) is 26.3 Å². The van der Waals surface area contributed by atoms with E-state index in [1.165, 1.54) is 5.56 Å². The third-order valence-corrected chi connectivity index (χ3v) is 3.44. The van der Waals surface area contributed by atoms with E-state index in [1.807, 2.05) is 24.3 Å². The number of hydrogen-bond donors (Lipinski definition) is 2. The van der Waals surface area contributed by atoms with Gasteiger partial charge in [0.2, 0.25) is 5.91 Å². The maximum Gasteiger partial charge on any atom is 0.246 e. The number of nitriles is 1. The Morgan fingerprint density at radius 2 is 1.86 bits per heavy atom. The molecule has 4 heteroatoms. The van der Waals surface area contributed by atoms with Crippen LogP contribution in [0, 0.1) is 11.3 Å². The first-order valence-corrected chi connectivity index (χ1v) is 7.29. The average molecular weight is 293 g/mol. The van der Waals surface area contributed by atoms with Crippen molar-refractivity contribution in [2.24, 2.45) is 0 Å². The van der Waals surface area contributed by atoms with Gasteiger partial charge < -0.3 is 10.6 Å². The van der Waals surface area contributed by atoms with Crippen molar-refractivity contribution in [1.29, 1.82) is 5.26 Å². The van der Waals surface area contributed by atoms with Gasteiger partial charge in [0, 0.05) is 5.69 Å². The number of para-hydroxylation sites is 1. The average Bonchev–Trinajstić information content (AvgIpc) is 2.56. The van der Waals surface area contributed by atoms with Crippen LogP contribution in [-0.4, -0.2) is 11.9 Å². The molecule has 0 fully saturated rings. The molecule has 0 saturated carbocycles. The first-order chi connectivity index (χ1) is 10.6. The Labute approximate surface area is 130 Å². The molecule has 0 aliphatic rings. The lowest BCUT2D eigenvalue weighted by molar-refractivity contribution is -0.116. The van der Waals surface area contributed by atoms with E-state index in [2.05, 4.69) is 23.6 Å². The SMILES string of the molecule is CCc1ccc(N[C@@H](C)C(=O)Nc2ccccc2C#N)cc1. The van der Waals surface area contributed by atoms with Crippen molar-refractivity contribution in [3.8, 4) is 6.07 Å². The van der Waals surface area contributed by atoms with Crippen LogP contribution in [0.2, 0.25) is 0 Å². The molecule has 2 aromatic carbocycles. The number of rotatable bonds is 5. The van der Waals surface area contributed by atoms with E-state index >= 15 is 0 Å². The fourth-order valence-corrected chi connectivity index (χ4v) is 2.08. The molecule has 2 N–H and O–H groups in total. The third kappa shape index (κ3) is 3.86. The highest BCUT2D eigenvalue weighted by Gasteiger charge is 2.14. The minimum Gasteiger partial charge on any atom is -0.374 e. The number of amides is 1. The van der Waals surface area contributed by atoms with Gasteiger partial charge in [-0.2, -0.15) is 5.26 Å². The van der Waals surface area contributed by atoms with Gasteiger partial charge in [-0.15, -0.1) is 0 Å². The summed E-state index contributed by atoms with van der Waals surface area (Å²) in [5, 5.41) is 15.0. The second-order valence-electron chi connectivity index (χ2n) is 5.06. The topological polar surface area (TPSA) is 64.9 Å². The second kappa shape index (κ2) is 7.28. The summed E-state index contributed by atoms with van der Waals surface area (Å²) >= 11 is 0. The summed E-state index contributed by atoms with van der Waals surface area (Å²) in [6, 6.07) is 16.6. The highest BCUT2D eigenvalue weighted by molar-refractivity contribution is 5.97. The van der Waals surface area contributed by atoms with Crippen LogP contribution in [0.15, 0.2) is 48.5 Å². The van der Waals surface area contributed by atoms with Crippen molar-refractivity contribution < 1.29 is 4.79 Å². The summed E-state index contributed by atoms with van der Waals surface area (Å²) < 4.78 is 0. The first-order valence-electron chi connectivity index (χ1n) is 7.29. The number of carbonyl (C=O) groups is 1. The summed E-state index contributed by atoms with van der Waals surface area (Å²) in [6.07, 6.45) is 0.987. The second-order valence-corrected chi connectivity index (χ2v) is 5.06. The molecule has 1 atom stereocenters.